The highest BCUT2D eigenvalue weighted by Crippen LogP contribution is 2.28. The summed E-state index contributed by atoms with van der Waals surface area (Å²) in [5.74, 6) is 0.463. The van der Waals surface area contributed by atoms with E-state index < -0.39 is 5.60 Å². The van der Waals surface area contributed by atoms with Crippen molar-refractivity contribution in [3.05, 3.63) is 0 Å². The van der Waals surface area contributed by atoms with Gasteiger partial charge >= 0.3 is 5.97 Å². The first kappa shape index (κ1) is 22.9. The molecule has 1 saturated heterocycles. The number of nitrogens with one attached hydrogen (secondary N) is 1. The minimum absolute atomic E-state index is 0.0130. The van der Waals surface area contributed by atoms with Crippen molar-refractivity contribution in [2.24, 2.45) is 11.8 Å². The van der Waals surface area contributed by atoms with E-state index in [9.17, 15) is 9.59 Å². The molecule has 1 rings (SSSR count). The van der Waals surface area contributed by atoms with Gasteiger partial charge in [-0.05, 0) is 52.4 Å². The van der Waals surface area contributed by atoms with Gasteiger partial charge in [-0.2, -0.15) is 0 Å². The van der Waals surface area contributed by atoms with Crippen molar-refractivity contribution in [1.29, 1.82) is 0 Å². The van der Waals surface area contributed by atoms with Crippen LogP contribution in [0, 0.1) is 11.8 Å². The van der Waals surface area contributed by atoms with Crippen molar-refractivity contribution in [3.8, 4) is 0 Å². The maximum atomic E-state index is 12.7. The number of nitrogens with zero attached hydrogens (tertiary/aromatic N) is 1. The molecule has 1 aliphatic heterocycles. The van der Waals surface area contributed by atoms with Gasteiger partial charge in [0.05, 0.1) is 6.61 Å². The summed E-state index contributed by atoms with van der Waals surface area (Å²) in [4.78, 5) is 26.4. The van der Waals surface area contributed by atoms with Gasteiger partial charge in [-0.15, -0.1) is 0 Å². The van der Waals surface area contributed by atoms with Gasteiger partial charge in [-0.1, -0.05) is 13.3 Å². The fourth-order valence-electron chi connectivity index (χ4n) is 3.78. The predicted octanol–water partition coefficient (Wildman–Crippen LogP) is 2.61. The molecule has 1 fully saturated rings. The standard InChI is InChI=1S/C20H38N2O4/c1-8-9-17(14(2)21-15(3)23)12-22-11-16(13-25-7)10-18(22)19(24)26-20(4,5)6/h14,16-18H,8-13H2,1-7H3,(H,21,23)/t14?,16?,17-,18?/m0/s1. The molecule has 3 unspecified atom stereocenters. The van der Waals surface area contributed by atoms with Crippen molar-refractivity contribution in [3.63, 3.8) is 0 Å². The largest absolute Gasteiger partial charge is 0.459 e. The Hall–Kier alpha value is -1.14. The van der Waals surface area contributed by atoms with Crippen LogP contribution in [0.25, 0.3) is 0 Å². The van der Waals surface area contributed by atoms with Gasteiger partial charge in [0.25, 0.3) is 0 Å². The van der Waals surface area contributed by atoms with E-state index in [2.05, 4.69) is 17.1 Å². The molecule has 0 aromatic carbocycles. The SMILES string of the molecule is CCC[C@@H](CN1CC(COC)CC1C(=O)OC(C)(C)C)C(C)NC(C)=O. The minimum atomic E-state index is -0.492. The molecule has 0 aromatic rings. The van der Waals surface area contributed by atoms with E-state index in [0.717, 1.165) is 32.4 Å². The Labute approximate surface area is 159 Å². The molecule has 1 amide bonds. The number of hydrogen-bond acceptors (Lipinski definition) is 5. The molecule has 0 aliphatic carbocycles. The van der Waals surface area contributed by atoms with Gasteiger partial charge in [-0.25, -0.2) is 0 Å². The normalized spacial score (nSPS) is 23.5. The first-order chi connectivity index (χ1) is 12.1. The summed E-state index contributed by atoms with van der Waals surface area (Å²) < 4.78 is 11.0. The lowest BCUT2D eigenvalue weighted by Gasteiger charge is -2.32. The summed E-state index contributed by atoms with van der Waals surface area (Å²) in [5, 5.41) is 3.01. The van der Waals surface area contributed by atoms with Crippen molar-refractivity contribution in [2.45, 2.75) is 78.5 Å². The zero-order valence-electron chi connectivity index (χ0n) is 17.6. The molecule has 1 aliphatic rings. The summed E-state index contributed by atoms with van der Waals surface area (Å²) in [6.45, 7) is 13.7. The van der Waals surface area contributed by atoms with Gasteiger partial charge in [0, 0.05) is 33.2 Å². The molecule has 0 spiro atoms. The molecular weight excluding hydrogens is 332 g/mol. The first-order valence-electron chi connectivity index (χ1n) is 9.80. The second-order valence-corrected chi connectivity index (χ2v) is 8.60. The first-order valence-corrected chi connectivity index (χ1v) is 9.80. The zero-order valence-corrected chi connectivity index (χ0v) is 17.6. The van der Waals surface area contributed by atoms with Crippen LogP contribution in [-0.4, -0.2) is 61.3 Å². The lowest BCUT2D eigenvalue weighted by atomic mass is 9.95. The summed E-state index contributed by atoms with van der Waals surface area (Å²) in [5.41, 5.74) is -0.492. The lowest BCUT2D eigenvalue weighted by molar-refractivity contribution is -0.160. The Kier molecular flexibility index (Phi) is 9.04. The summed E-state index contributed by atoms with van der Waals surface area (Å²) >= 11 is 0. The molecular formula is C20H38N2O4. The third-order valence-electron chi connectivity index (χ3n) is 4.84. The third-order valence-corrected chi connectivity index (χ3v) is 4.84. The van der Waals surface area contributed by atoms with E-state index in [1.54, 1.807) is 14.0 Å². The van der Waals surface area contributed by atoms with E-state index >= 15 is 0 Å². The topological polar surface area (TPSA) is 67.9 Å². The number of carbonyl (C=O) groups excluding carboxylic acids is 2. The molecule has 1 N–H and O–H groups in total. The van der Waals surface area contributed by atoms with Crippen LogP contribution in [0.15, 0.2) is 0 Å². The number of amides is 1. The van der Waals surface area contributed by atoms with Crippen LogP contribution in [0.3, 0.4) is 0 Å². The number of methoxy groups -OCH3 is 1. The van der Waals surface area contributed by atoms with Crippen molar-refractivity contribution in [1.82, 2.24) is 10.2 Å². The Balaban J connectivity index is 2.87. The van der Waals surface area contributed by atoms with Gasteiger partial charge < -0.3 is 14.8 Å². The van der Waals surface area contributed by atoms with Crippen molar-refractivity contribution in [2.75, 3.05) is 26.8 Å². The van der Waals surface area contributed by atoms with Crippen LogP contribution < -0.4 is 5.32 Å². The highest BCUT2D eigenvalue weighted by atomic mass is 16.6. The smallest absolute Gasteiger partial charge is 0.323 e. The van der Waals surface area contributed by atoms with Gasteiger partial charge in [0.15, 0.2) is 0 Å². The average molecular weight is 371 g/mol. The van der Waals surface area contributed by atoms with E-state index in [4.69, 9.17) is 9.47 Å². The number of likely N-dealkylation sites (tertiary alicyclic amines) is 1. The second kappa shape index (κ2) is 10.3. The number of esters is 1. The van der Waals surface area contributed by atoms with E-state index in [1.807, 2.05) is 27.7 Å². The molecule has 0 saturated carbocycles. The predicted molar refractivity (Wildman–Crippen MR) is 103 cm³/mol. The van der Waals surface area contributed by atoms with Crippen LogP contribution >= 0.6 is 0 Å². The summed E-state index contributed by atoms with van der Waals surface area (Å²) in [6, 6.07) is -0.161. The average Bonchev–Trinajstić information content (AvgIpc) is 2.87. The van der Waals surface area contributed by atoms with Gasteiger partial charge in [0.2, 0.25) is 5.91 Å². The van der Waals surface area contributed by atoms with E-state index in [0.29, 0.717) is 18.4 Å². The van der Waals surface area contributed by atoms with Crippen LogP contribution in [0.1, 0.15) is 60.8 Å². The minimum Gasteiger partial charge on any atom is -0.459 e. The Bertz CT molecular complexity index is 461. The third kappa shape index (κ3) is 7.62. The monoisotopic (exact) mass is 370 g/mol. The fraction of sp³-hybridized carbons (Fsp3) is 0.900. The van der Waals surface area contributed by atoms with Crippen molar-refractivity contribution < 1.29 is 19.1 Å². The van der Waals surface area contributed by atoms with Crippen LogP contribution in [0.4, 0.5) is 0 Å². The molecule has 0 radical (unpaired) electrons. The molecule has 6 heteroatoms. The highest BCUT2D eigenvalue weighted by molar-refractivity contribution is 5.76. The van der Waals surface area contributed by atoms with Gasteiger partial charge in [0.1, 0.15) is 11.6 Å². The zero-order chi connectivity index (χ0) is 19.9. The maximum Gasteiger partial charge on any atom is 0.323 e. The number of rotatable bonds is 9. The van der Waals surface area contributed by atoms with Crippen LogP contribution in [0.5, 0.6) is 0 Å². The number of hydrogen-bond donors (Lipinski definition) is 1. The quantitative estimate of drug-likeness (QED) is 0.632. The Morgan fingerprint density at radius 3 is 2.46 bits per heavy atom. The molecule has 26 heavy (non-hydrogen) atoms. The number of ether oxygens (including phenoxy) is 2. The van der Waals surface area contributed by atoms with Crippen LogP contribution in [-0.2, 0) is 19.1 Å². The Morgan fingerprint density at radius 2 is 1.96 bits per heavy atom. The lowest BCUT2D eigenvalue weighted by Crippen LogP contribution is -2.46. The van der Waals surface area contributed by atoms with E-state index in [-0.39, 0.29) is 24.0 Å². The summed E-state index contributed by atoms with van der Waals surface area (Å²) in [6.07, 6.45) is 2.81. The van der Waals surface area contributed by atoms with E-state index in [1.165, 1.54) is 0 Å². The summed E-state index contributed by atoms with van der Waals surface area (Å²) in [7, 11) is 1.70. The molecule has 0 aromatic heterocycles. The van der Waals surface area contributed by atoms with Crippen molar-refractivity contribution >= 4 is 11.9 Å². The van der Waals surface area contributed by atoms with Crippen LogP contribution in [0.2, 0.25) is 0 Å². The Morgan fingerprint density at radius 1 is 1.31 bits per heavy atom. The van der Waals surface area contributed by atoms with Gasteiger partial charge in [-0.3, -0.25) is 14.5 Å². The maximum absolute atomic E-state index is 12.7. The molecule has 1 heterocycles. The molecule has 0 bridgehead atoms. The second-order valence-electron chi connectivity index (χ2n) is 8.60. The highest BCUT2D eigenvalue weighted by Gasteiger charge is 2.40. The molecule has 6 nitrogen and oxygen atoms in total. The number of carbonyl (C=O) groups is 2. The molecule has 152 valence electrons. The fourth-order valence-corrected chi connectivity index (χ4v) is 3.78. The molecule has 4 atom stereocenters.